The molecular weight excluding hydrogens is 302 g/mol. The number of benzene rings is 1. The smallest absolute Gasteiger partial charge is 0.251 e. The SMILES string of the molecule is CNC(=O)c1ccc(CNC(=O)C2(C)CCCNC2)cc1.Cl. The summed E-state index contributed by atoms with van der Waals surface area (Å²) in [5.74, 6) is -0.0172. The second-order valence-electron chi connectivity index (χ2n) is 5.80. The Labute approximate surface area is 137 Å². The van der Waals surface area contributed by atoms with Crippen LogP contribution in [0.4, 0.5) is 0 Å². The maximum Gasteiger partial charge on any atom is 0.251 e. The number of hydrogen-bond donors (Lipinski definition) is 3. The normalized spacial score (nSPS) is 20.6. The average Bonchev–Trinajstić information content (AvgIpc) is 2.53. The number of amides is 2. The number of halogens is 1. The fourth-order valence-corrected chi connectivity index (χ4v) is 2.56. The Bertz CT molecular complexity index is 511. The monoisotopic (exact) mass is 325 g/mol. The number of nitrogens with one attached hydrogen (secondary N) is 3. The van der Waals surface area contributed by atoms with Crippen molar-refractivity contribution < 1.29 is 9.59 Å². The Hall–Kier alpha value is -1.59. The van der Waals surface area contributed by atoms with Crippen molar-refractivity contribution in [3.8, 4) is 0 Å². The maximum absolute atomic E-state index is 12.3. The van der Waals surface area contributed by atoms with E-state index < -0.39 is 0 Å². The Morgan fingerprint density at radius 3 is 2.50 bits per heavy atom. The van der Waals surface area contributed by atoms with E-state index in [0.717, 1.165) is 31.5 Å². The Morgan fingerprint density at radius 1 is 1.27 bits per heavy atom. The molecule has 1 aromatic rings. The van der Waals surface area contributed by atoms with Crippen LogP contribution in [0, 0.1) is 5.41 Å². The molecule has 0 saturated carbocycles. The molecule has 1 aromatic carbocycles. The maximum atomic E-state index is 12.3. The van der Waals surface area contributed by atoms with Gasteiger partial charge in [0, 0.05) is 25.7 Å². The van der Waals surface area contributed by atoms with E-state index in [0.29, 0.717) is 12.1 Å². The van der Waals surface area contributed by atoms with E-state index >= 15 is 0 Å². The molecule has 2 amide bonds. The van der Waals surface area contributed by atoms with Crippen LogP contribution in [0.2, 0.25) is 0 Å². The molecule has 0 spiro atoms. The lowest BCUT2D eigenvalue weighted by molar-refractivity contribution is -0.131. The van der Waals surface area contributed by atoms with Crippen LogP contribution in [0.25, 0.3) is 0 Å². The Balaban J connectivity index is 0.00000242. The van der Waals surface area contributed by atoms with Crippen molar-refractivity contribution in [3.05, 3.63) is 35.4 Å². The lowest BCUT2D eigenvalue weighted by Gasteiger charge is -2.32. The van der Waals surface area contributed by atoms with Gasteiger partial charge in [-0.1, -0.05) is 12.1 Å². The molecule has 2 rings (SSSR count). The summed E-state index contributed by atoms with van der Waals surface area (Å²) in [4.78, 5) is 23.8. The number of piperidine rings is 1. The molecule has 0 bridgehead atoms. The predicted octanol–water partition coefficient (Wildman–Crippen LogP) is 1.47. The first-order valence-electron chi connectivity index (χ1n) is 7.35. The summed E-state index contributed by atoms with van der Waals surface area (Å²) < 4.78 is 0. The van der Waals surface area contributed by atoms with E-state index in [9.17, 15) is 9.59 Å². The summed E-state index contributed by atoms with van der Waals surface area (Å²) in [7, 11) is 1.61. The third-order valence-corrected chi connectivity index (χ3v) is 4.04. The quantitative estimate of drug-likeness (QED) is 0.785. The van der Waals surface area contributed by atoms with E-state index in [-0.39, 0.29) is 29.6 Å². The van der Waals surface area contributed by atoms with Crippen LogP contribution in [0.5, 0.6) is 0 Å². The van der Waals surface area contributed by atoms with Gasteiger partial charge in [-0.2, -0.15) is 0 Å². The van der Waals surface area contributed by atoms with Gasteiger partial charge in [-0.15, -0.1) is 12.4 Å². The molecule has 1 heterocycles. The second-order valence-corrected chi connectivity index (χ2v) is 5.80. The molecule has 1 unspecified atom stereocenters. The third-order valence-electron chi connectivity index (χ3n) is 4.04. The van der Waals surface area contributed by atoms with Gasteiger partial charge in [0.1, 0.15) is 0 Å². The van der Waals surface area contributed by atoms with Crippen molar-refractivity contribution >= 4 is 24.2 Å². The first kappa shape index (κ1) is 18.5. The van der Waals surface area contributed by atoms with Gasteiger partial charge in [-0.3, -0.25) is 9.59 Å². The Kier molecular flexibility index (Phi) is 6.84. The minimum Gasteiger partial charge on any atom is -0.355 e. The molecule has 1 fully saturated rings. The van der Waals surface area contributed by atoms with Crippen LogP contribution in [-0.4, -0.2) is 32.0 Å². The second kappa shape index (κ2) is 8.15. The molecule has 1 aliphatic heterocycles. The van der Waals surface area contributed by atoms with E-state index in [1.807, 2.05) is 19.1 Å². The van der Waals surface area contributed by atoms with Gasteiger partial charge >= 0.3 is 0 Å². The van der Waals surface area contributed by atoms with Crippen molar-refractivity contribution in [2.75, 3.05) is 20.1 Å². The van der Waals surface area contributed by atoms with Crippen molar-refractivity contribution in [1.29, 1.82) is 0 Å². The zero-order valence-electron chi connectivity index (χ0n) is 13.1. The highest BCUT2D eigenvalue weighted by Gasteiger charge is 2.34. The summed E-state index contributed by atoms with van der Waals surface area (Å²) >= 11 is 0. The summed E-state index contributed by atoms with van der Waals surface area (Å²) in [6.07, 6.45) is 1.95. The zero-order valence-corrected chi connectivity index (χ0v) is 13.9. The van der Waals surface area contributed by atoms with Gasteiger partial charge in [-0.05, 0) is 44.0 Å². The molecule has 3 N–H and O–H groups in total. The van der Waals surface area contributed by atoms with Gasteiger partial charge in [0.25, 0.3) is 5.91 Å². The Morgan fingerprint density at radius 2 is 1.95 bits per heavy atom. The molecular formula is C16H24ClN3O2. The van der Waals surface area contributed by atoms with Crippen LogP contribution < -0.4 is 16.0 Å². The van der Waals surface area contributed by atoms with Gasteiger partial charge in [0.15, 0.2) is 0 Å². The molecule has 5 nitrogen and oxygen atoms in total. The molecule has 6 heteroatoms. The molecule has 22 heavy (non-hydrogen) atoms. The molecule has 0 radical (unpaired) electrons. The van der Waals surface area contributed by atoms with Gasteiger partial charge in [0.2, 0.25) is 5.91 Å². The topological polar surface area (TPSA) is 70.2 Å². The minimum atomic E-state index is -0.319. The minimum absolute atomic E-state index is 0. The highest BCUT2D eigenvalue weighted by Crippen LogP contribution is 2.25. The van der Waals surface area contributed by atoms with Crippen LogP contribution in [0.15, 0.2) is 24.3 Å². The van der Waals surface area contributed by atoms with E-state index in [4.69, 9.17) is 0 Å². The lowest BCUT2D eigenvalue weighted by Crippen LogP contribution is -2.48. The summed E-state index contributed by atoms with van der Waals surface area (Å²) in [6, 6.07) is 7.27. The van der Waals surface area contributed by atoms with Crippen LogP contribution >= 0.6 is 12.4 Å². The van der Waals surface area contributed by atoms with Crippen LogP contribution in [-0.2, 0) is 11.3 Å². The van der Waals surface area contributed by atoms with Crippen LogP contribution in [0.1, 0.15) is 35.7 Å². The highest BCUT2D eigenvalue weighted by molar-refractivity contribution is 5.93. The molecule has 1 aliphatic rings. The zero-order chi connectivity index (χ0) is 15.3. The third kappa shape index (κ3) is 4.45. The van der Waals surface area contributed by atoms with Crippen molar-refractivity contribution in [2.45, 2.75) is 26.3 Å². The number of hydrogen-bond acceptors (Lipinski definition) is 3. The van der Waals surface area contributed by atoms with E-state index in [1.54, 1.807) is 19.2 Å². The van der Waals surface area contributed by atoms with Crippen molar-refractivity contribution in [1.82, 2.24) is 16.0 Å². The van der Waals surface area contributed by atoms with Gasteiger partial charge < -0.3 is 16.0 Å². The number of carbonyl (C=O) groups excluding carboxylic acids is 2. The fourth-order valence-electron chi connectivity index (χ4n) is 2.56. The van der Waals surface area contributed by atoms with Gasteiger partial charge in [-0.25, -0.2) is 0 Å². The summed E-state index contributed by atoms with van der Waals surface area (Å²) in [5.41, 5.74) is 1.29. The largest absolute Gasteiger partial charge is 0.355 e. The van der Waals surface area contributed by atoms with Crippen molar-refractivity contribution in [2.24, 2.45) is 5.41 Å². The standard InChI is InChI=1S/C16H23N3O2.ClH/c1-16(8-3-9-18-11-16)15(21)19-10-12-4-6-13(7-5-12)14(20)17-2;/h4-7,18H,3,8-11H2,1-2H3,(H,17,20)(H,19,21);1H. The average molecular weight is 326 g/mol. The number of carbonyl (C=O) groups is 2. The molecule has 0 aromatic heterocycles. The number of rotatable bonds is 4. The molecule has 122 valence electrons. The fraction of sp³-hybridized carbons (Fsp3) is 0.500. The first-order chi connectivity index (χ1) is 10.0. The lowest BCUT2D eigenvalue weighted by atomic mass is 9.82. The first-order valence-corrected chi connectivity index (χ1v) is 7.35. The van der Waals surface area contributed by atoms with E-state index in [2.05, 4.69) is 16.0 Å². The molecule has 1 saturated heterocycles. The summed E-state index contributed by atoms with van der Waals surface area (Å²) in [5, 5.41) is 8.85. The molecule has 1 atom stereocenters. The van der Waals surface area contributed by atoms with Crippen molar-refractivity contribution in [3.63, 3.8) is 0 Å². The predicted molar refractivity (Wildman–Crippen MR) is 89.1 cm³/mol. The molecule has 0 aliphatic carbocycles. The highest BCUT2D eigenvalue weighted by atomic mass is 35.5. The van der Waals surface area contributed by atoms with Crippen LogP contribution in [0.3, 0.4) is 0 Å². The van der Waals surface area contributed by atoms with E-state index in [1.165, 1.54) is 0 Å². The van der Waals surface area contributed by atoms with Gasteiger partial charge in [0.05, 0.1) is 5.41 Å². The summed E-state index contributed by atoms with van der Waals surface area (Å²) in [6.45, 7) is 4.21.